The standard InChI is InChI=1S/C19H19F2N3O2S.ClH/c20-17-5-4-15(9-18(17)21)16-6-7-23-11-19(16)24-27(25,26)12-14-3-1-2-13(8-14)10-22;/h1-5,8-9,16,19,23-24H,6-7,11-12H2;1H. The molecule has 0 aromatic heterocycles. The van der Waals surface area contributed by atoms with Crippen LogP contribution in [-0.2, 0) is 15.8 Å². The van der Waals surface area contributed by atoms with E-state index in [1.54, 1.807) is 18.2 Å². The zero-order valence-electron chi connectivity index (χ0n) is 14.9. The molecule has 1 heterocycles. The minimum Gasteiger partial charge on any atom is -0.315 e. The number of nitrogens with zero attached hydrogens (tertiary/aromatic N) is 1. The Bertz CT molecular complexity index is 979. The summed E-state index contributed by atoms with van der Waals surface area (Å²) >= 11 is 0. The first-order valence-corrected chi connectivity index (χ1v) is 10.2. The first-order chi connectivity index (χ1) is 12.9. The van der Waals surface area contributed by atoms with Crippen LogP contribution >= 0.6 is 12.4 Å². The molecule has 5 nitrogen and oxygen atoms in total. The van der Waals surface area contributed by atoms with Crippen molar-refractivity contribution in [2.75, 3.05) is 13.1 Å². The van der Waals surface area contributed by atoms with Gasteiger partial charge in [-0.05, 0) is 48.4 Å². The highest BCUT2D eigenvalue weighted by atomic mass is 35.5. The predicted octanol–water partition coefficient (Wildman–Crippen LogP) is 2.82. The zero-order chi connectivity index (χ0) is 19.4. The number of piperidine rings is 1. The lowest BCUT2D eigenvalue weighted by molar-refractivity contribution is 0.376. The first-order valence-electron chi connectivity index (χ1n) is 8.52. The summed E-state index contributed by atoms with van der Waals surface area (Å²) in [6.07, 6.45) is 0.599. The van der Waals surface area contributed by atoms with E-state index in [0.717, 1.165) is 12.1 Å². The van der Waals surface area contributed by atoms with E-state index < -0.39 is 27.7 Å². The van der Waals surface area contributed by atoms with Gasteiger partial charge in [-0.1, -0.05) is 18.2 Å². The average Bonchev–Trinajstić information content (AvgIpc) is 2.64. The van der Waals surface area contributed by atoms with Crippen molar-refractivity contribution < 1.29 is 17.2 Å². The van der Waals surface area contributed by atoms with Gasteiger partial charge in [0.2, 0.25) is 10.0 Å². The molecule has 0 saturated carbocycles. The maximum atomic E-state index is 13.6. The second-order valence-electron chi connectivity index (χ2n) is 6.57. The van der Waals surface area contributed by atoms with Crippen LogP contribution in [0.3, 0.4) is 0 Å². The minimum atomic E-state index is -3.69. The van der Waals surface area contributed by atoms with Gasteiger partial charge in [0.05, 0.1) is 17.4 Å². The molecule has 9 heteroatoms. The van der Waals surface area contributed by atoms with Gasteiger partial charge in [0.25, 0.3) is 0 Å². The van der Waals surface area contributed by atoms with E-state index in [2.05, 4.69) is 10.0 Å². The number of hydrogen-bond donors (Lipinski definition) is 2. The number of nitriles is 1. The van der Waals surface area contributed by atoms with Crippen LogP contribution in [0.1, 0.15) is 29.0 Å². The fraction of sp³-hybridized carbons (Fsp3) is 0.316. The molecule has 2 atom stereocenters. The first kappa shape index (κ1) is 22.2. The van der Waals surface area contributed by atoms with Crippen LogP contribution in [0.5, 0.6) is 0 Å². The Balaban J connectivity index is 0.00000280. The van der Waals surface area contributed by atoms with Crippen molar-refractivity contribution in [3.63, 3.8) is 0 Å². The van der Waals surface area contributed by atoms with Crippen molar-refractivity contribution in [3.8, 4) is 6.07 Å². The Hall–Kier alpha value is -2.05. The van der Waals surface area contributed by atoms with Crippen LogP contribution < -0.4 is 10.0 Å². The molecule has 2 unspecified atom stereocenters. The van der Waals surface area contributed by atoms with Crippen LogP contribution in [-0.4, -0.2) is 27.5 Å². The molecule has 2 aromatic carbocycles. The van der Waals surface area contributed by atoms with Gasteiger partial charge in [-0.15, -0.1) is 12.4 Å². The van der Waals surface area contributed by atoms with Crippen molar-refractivity contribution in [2.45, 2.75) is 24.1 Å². The summed E-state index contributed by atoms with van der Waals surface area (Å²) in [6, 6.07) is 11.6. The van der Waals surface area contributed by atoms with Crippen LogP contribution in [0.4, 0.5) is 8.78 Å². The highest BCUT2D eigenvalue weighted by Gasteiger charge is 2.30. The summed E-state index contributed by atoms with van der Waals surface area (Å²) in [5.41, 5.74) is 1.46. The van der Waals surface area contributed by atoms with Gasteiger partial charge in [0, 0.05) is 18.5 Å². The largest absolute Gasteiger partial charge is 0.315 e. The molecule has 2 N–H and O–H groups in total. The summed E-state index contributed by atoms with van der Waals surface area (Å²) in [5.74, 6) is -2.39. The van der Waals surface area contributed by atoms with Crippen molar-refractivity contribution in [3.05, 3.63) is 70.8 Å². The normalized spacial score (nSPS) is 19.5. The van der Waals surface area contributed by atoms with E-state index in [9.17, 15) is 17.2 Å². The van der Waals surface area contributed by atoms with E-state index in [1.807, 2.05) is 6.07 Å². The van der Waals surface area contributed by atoms with Crippen molar-refractivity contribution in [2.24, 2.45) is 0 Å². The SMILES string of the molecule is Cl.N#Cc1cccc(CS(=O)(=O)NC2CNCCC2c2ccc(F)c(F)c2)c1. The summed E-state index contributed by atoms with van der Waals surface area (Å²) < 4.78 is 54.7. The van der Waals surface area contributed by atoms with E-state index in [-0.39, 0.29) is 24.1 Å². The summed E-state index contributed by atoms with van der Waals surface area (Å²) in [5, 5.41) is 12.1. The van der Waals surface area contributed by atoms with Crippen LogP contribution in [0.25, 0.3) is 0 Å². The van der Waals surface area contributed by atoms with Crippen molar-refractivity contribution in [1.29, 1.82) is 5.26 Å². The lowest BCUT2D eigenvalue weighted by Gasteiger charge is -2.33. The Morgan fingerprint density at radius 3 is 2.68 bits per heavy atom. The molecule has 0 bridgehead atoms. The van der Waals surface area contributed by atoms with Crippen LogP contribution in [0, 0.1) is 23.0 Å². The molecule has 1 saturated heterocycles. The number of halogens is 3. The Morgan fingerprint density at radius 1 is 1.18 bits per heavy atom. The molecule has 0 aliphatic carbocycles. The van der Waals surface area contributed by atoms with Gasteiger partial charge in [-0.3, -0.25) is 0 Å². The highest BCUT2D eigenvalue weighted by Crippen LogP contribution is 2.27. The number of benzene rings is 2. The monoisotopic (exact) mass is 427 g/mol. The molecule has 150 valence electrons. The molecule has 0 spiro atoms. The Kier molecular flexibility index (Phi) is 7.49. The van der Waals surface area contributed by atoms with E-state index in [0.29, 0.717) is 36.2 Å². The zero-order valence-corrected chi connectivity index (χ0v) is 16.5. The predicted molar refractivity (Wildman–Crippen MR) is 105 cm³/mol. The fourth-order valence-corrected chi connectivity index (χ4v) is 4.76. The van der Waals surface area contributed by atoms with E-state index in [4.69, 9.17) is 5.26 Å². The molecule has 1 aliphatic rings. The highest BCUT2D eigenvalue weighted by molar-refractivity contribution is 7.88. The van der Waals surface area contributed by atoms with Gasteiger partial charge in [0.15, 0.2) is 11.6 Å². The number of rotatable bonds is 5. The minimum absolute atomic E-state index is 0. The van der Waals surface area contributed by atoms with Crippen molar-refractivity contribution in [1.82, 2.24) is 10.0 Å². The topological polar surface area (TPSA) is 82.0 Å². The van der Waals surface area contributed by atoms with E-state index in [1.165, 1.54) is 12.1 Å². The molecule has 0 amide bonds. The van der Waals surface area contributed by atoms with Gasteiger partial charge in [-0.2, -0.15) is 5.26 Å². The van der Waals surface area contributed by atoms with Crippen LogP contribution in [0.15, 0.2) is 42.5 Å². The second kappa shape index (κ2) is 9.43. The summed E-state index contributed by atoms with van der Waals surface area (Å²) in [4.78, 5) is 0. The molecular weight excluding hydrogens is 408 g/mol. The van der Waals surface area contributed by atoms with Gasteiger partial charge in [-0.25, -0.2) is 21.9 Å². The van der Waals surface area contributed by atoms with Gasteiger partial charge < -0.3 is 5.32 Å². The molecule has 1 aliphatic heterocycles. The number of nitrogens with one attached hydrogen (secondary N) is 2. The third-order valence-corrected chi connectivity index (χ3v) is 5.97. The number of sulfonamides is 1. The quantitative estimate of drug-likeness (QED) is 0.768. The lowest BCUT2D eigenvalue weighted by Crippen LogP contribution is -2.50. The number of hydrogen-bond acceptors (Lipinski definition) is 4. The van der Waals surface area contributed by atoms with Crippen molar-refractivity contribution >= 4 is 22.4 Å². The molecule has 2 aromatic rings. The smallest absolute Gasteiger partial charge is 0.216 e. The summed E-state index contributed by atoms with van der Waals surface area (Å²) in [7, 11) is -3.69. The fourth-order valence-electron chi connectivity index (χ4n) is 3.35. The van der Waals surface area contributed by atoms with Gasteiger partial charge in [0.1, 0.15) is 0 Å². The lowest BCUT2D eigenvalue weighted by atomic mass is 9.86. The average molecular weight is 428 g/mol. The maximum Gasteiger partial charge on any atom is 0.216 e. The molecule has 1 fully saturated rings. The molecular formula is C19H20ClF2N3O2S. The molecule has 28 heavy (non-hydrogen) atoms. The third-order valence-electron chi connectivity index (χ3n) is 4.60. The van der Waals surface area contributed by atoms with Gasteiger partial charge >= 0.3 is 0 Å². The Morgan fingerprint density at radius 2 is 1.96 bits per heavy atom. The second-order valence-corrected chi connectivity index (χ2v) is 8.32. The van der Waals surface area contributed by atoms with E-state index >= 15 is 0 Å². The maximum absolute atomic E-state index is 13.6. The Labute approximate surface area is 169 Å². The molecule has 0 radical (unpaired) electrons. The van der Waals surface area contributed by atoms with Crippen LogP contribution in [0.2, 0.25) is 0 Å². The third kappa shape index (κ3) is 5.49. The summed E-state index contributed by atoms with van der Waals surface area (Å²) in [6.45, 7) is 1.05. The molecule has 3 rings (SSSR count).